The van der Waals surface area contributed by atoms with Crippen LogP contribution < -0.4 is 4.84 Å². The topological polar surface area (TPSA) is 52.5 Å². The molecule has 0 aromatic carbocycles. The second-order valence-electron chi connectivity index (χ2n) is 5.41. The molecule has 3 N–H and O–H groups in total. The van der Waals surface area contributed by atoms with Crippen LogP contribution in [0.3, 0.4) is 0 Å². The molecule has 1 atom stereocenters. The van der Waals surface area contributed by atoms with Gasteiger partial charge in [0.05, 0.1) is 27.2 Å². The Hall–Kier alpha value is 0.130. The molecule has 0 aliphatic carbocycles. The lowest BCUT2D eigenvalue weighted by atomic mass is 10.0. The van der Waals surface area contributed by atoms with Crippen LogP contribution in [0.15, 0.2) is 0 Å². The van der Waals surface area contributed by atoms with Gasteiger partial charge >= 0.3 is 0 Å². The zero-order chi connectivity index (χ0) is 12.1. The molecule has 0 bridgehead atoms. The molecule has 92 valence electrons. The lowest BCUT2D eigenvalue weighted by Gasteiger charge is -2.34. The lowest BCUT2D eigenvalue weighted by Crippen LogP contribution is -2.49. The number of hydrogen-bond acceptors (Lipinski definition) is 3. The smallest absolute Gasteiger partial charge is 0.126 e. The third kappa shape index (κ3) is 7.09. The highest BCUT2D eigenvalue weighted by atomic mass is 35.5. The van der Waals surface area contributed by atoms with Crippen LogP contribution in [0.5, 0.6) is 0 Å². The summed E-state index contributed by atoms with van der Waals surface area (Å²) in [5.41, 5.74) is -0.110. The minimum atomic E-state index is -0.646. The van der Waals surface area contributed by atoms with Gasteiger partial charge in [-0.2, -0.15) is 0 Å². The van der Waals surface area contributed by atoms with Crippen molar-refractivity contribution in [3.63, 3.8) is 0 Å². The Bertz CT molecular complexity index is 186. The van der Waals surface area contributed by atoms with Gasteiger partial charge in [0.1, 0.15) is 12.6 Å². The van der Waals surface area contributed by atoms with E-state index in [0.717, 1.165) is 13.0 Å². The molecule has 0 saturated carbocycles. The van der Waals surface area contributed by atoms with Crippen LogP contribution in [0.4, 0.5) is 0 Å². The summed E-state index contributed by atoms with van der Waals surface area (Å²) >= 11 is 5.61. The molecule has 4 nitrogen and oxygen atoms in total. The first-order valence-electron chi connectivity index (χ1n) is 5.21. The summed E-state index contributed by atoms with van der Waals surface area (Å²) in [7, 11) is 4.06. The lowest BCUT2D eigenvalue weighted by molar-refractivity contribution is -0.894. The molecular weight excluding hydrogens is 216 g/mol. The summed E-state index contributed by atoms with van der Waals surface area (Å²) in [5, 5.41) is 18.2. The van der Waals surface area contributed by atoms with Crippen LogP contribution in [0, 0.1) is 0 Å². The number of halogens is 1. The maximum atomic E-state index is 9.37. The van der Waals surface area contributed by atoms with Gasteiger partial charge in [0.15, 0.2) is 0 Å². The van der Waals surface area contributed by atoms with E-state index in [0.29, 0.717) is 11.0 Å². The molecule has 0 aliphatic rings. The van der Waals surface area contributed by atoms with Crippen molar-refractivity contribution in [3.8, 4) is 0 Å². The van der Waals surface area contributed by atoms with E-state index in [2.05, 4.69) is 4.84 Å². The third-order valence-corrected chi connectivity index (χ3v) is 3.03. The van der Waals surface area contributed by atoms with Crippen LogP contribution in [0.25, 0.3) is 0 Å². The molecule has 0 spiro atoms. The van der Waals surface area contributed by atoms with Crippen molar-refractivity contribution in [2.24, 2.45) is 0 Å². The van der Waals surface area contributed by atoms with Gasteiger partial charge in [-0.1, -0.05) is 0 Å². The van der Waals surface area contributed by atoms with Gasteiger partial charge in [-0.15, -0.1) is 0 Å². The van der Waals surface area contributed by atoms with Gasteiger partial charge in [-0.3, -0.25) is 0 Å². The van der Waals surface area contributed by atoms with Gasteiger partial charge in [-0.25, -0.2) is 4.84 Å². The summed E-state index contributed by atoms with van der Waals surface area (Å²) in [6, 6.07) is 0. The first-order chi connectivity index (χ1) is 6.72. The average Bonchev–Trinajstić information content (AvgIpc) is 2.14. The van der Waals surface area contributed by atoms with Gasteiger partial charge in [0.2, 0.25) is 0 Å². The van der Waals surface area contributed by atoms with Crippen LogP contribution in [-0.4, -0.2) is 60.1 Å². The highest BCUT2D eigenvalue weighted by Gasteiger charge is 2.24. The monoisotopic (exact) mass is 239 g/mol. The van der Waals surface area contributed by atoms with Crippen molar-refractivity contribution in [2.45, 2.75) is 31.9 Å². The normalized spacial score (nSPS) is 15.4. The predicted molar refractivity (Wildman–Crippen MR) is 62.6 cm³/mol. The minimum Gasteiger partial charge on any atom is -0.393 e. The van der Waals surface area contributed by atoms with E-state index in [9.17, 15) is 5.11 Å². The highest BCUT2D eigenvalue weighted by Crippen LogP contribution is 2.12. The summed E-state index contributed by atoms with van der Waals surface area (Å²) in [6.07, 6.45) is 0.258. The fourth-order valence-electron chi connectivity index (χ4n) is 1.35. The molecule has 5 heteroatoms. The second kappa shape index (κ2) is 6.01. The molecule has 0 aliphatic heterocycles. The number of aliphatic hydroxyl groups excluding tert-OH is 2. The fourth-order valence-corrected chi connectivity index (χ4v) is 1.44. The Labute approximate surface area is 97.5 Å². The van der Waals surface area contributed by atoms with Gasteiger partial charge < -0.3 is 14.7 Å². The largest absolute Gasteiger partial charge is 0.393 e. The number of aliphatic hydroxyl groups is 2. The summed E-state index contributed by atoms with van der Waals surface area (Å²) in [6.45, 7) is 5.32. The number of likely N-dealkylation sites (N-methyl/N-ethyl adjacent to an activating group) is 1. The van der Waals surface area contributed by atoms with E-state index in [1.54, 1.807) is 0 Å². The maximum Gasteiger partial charge on any atom is 0.126 e. The summed E-state index contributed by atoms with van der Waals surface area (Å²) in [5.74, 6) is 0. The fraction of sp³-hybridized carbons (Fsp3) is 1.00. The molecule has 0 aromatic rings. The number of quaternary nitrogens is 1. The van der Waals surface area contributed by atoms with Crippen LogP contribution in [0.1, 0.15) is 20.3 Å². The number of rotatable bonds is 7. The standard InChI is InChI=1S/C10H24ClN2O2/c1-10(2,12-11)5-6-13(3,4)7-9(15)8-14/h9,12,14-15H,5-8H2,1-4H3/q+1. The van der Waals surface area contributed by atoms with Gasteiger partial charge in [-0.05, 0) is 25.6 Å². The summed E-state index contributed by atoms with van der Waals surface area (Å²) in [4.78, 5) is 2.73. The van der Waals surface area contributed by atoms with E-state index in [-0.39, 0.29) is 12.1 Å². The molecule has 0 amide bonds. The van der Waals surface area contributed by atoms with Crippen molar-refractivity contribution < 1.29 is 14.7 Å². The Morgan fingerprint density at radius 3 is 2.33 bits per heavy atom. The van der Waals surface area contributed by atoms with Crippen molar-refractivity contribution in [3.05, 3.63) is 0 Å². The first kappa shape index (κ1) is 15.1. The minimum absolute atomic E-state index is 0.110. The van der Waals surface area contributed by atoms with Crippen molar-refractivity contribution >= 4 is 11.8 Å². The van der Waals surface area contributed by atoms with Crippen LogP contribution in [-0.2, 0) is 0 Å². The van der Waals surface area contributed by atoms with Crippen LogP contribution in [0.2, 0.25) is 0 Å². The molecule has 0 fully saturated rings. The average molecular weight is 240 g/mol. The molecular formula is C10H24ClN2O2+. The highest BCUT2D eigenvalue weighted by molar-refractivity contribution is 6.13. The van der Waals surface area contributed by atoms with Gasteiger partial charge in [0.25, 0.3) is 0 Å². The first-order valence-corrected chi connectivity index (χ1v) is 5.59. The predicted octanol–water partition coefficient (Wildman–Crippen LogP) is 0.328. The maximum absolute atomic E-state index is 9.37. The Kier molecular flexibility index (Phi) is 6.06. The molecule has 0 rings (SSSR count). The van der Waals surface area contributed by atoms with Crippen molar-refractivity contribution in [2.75, 3.05) is 33.8 Å². The molecule has 1 unspecified atom stereocenters. The number of nitrogens with zero attached hydrogens (tertiary/aromatic N) is 1. The third-order valence-electron chi connectivity index (χ3n) is 2.51. The van der Waals surface area contributed by atoms with Crippen LogP contribution >= 0.6 is 11.8 Å². The Morgan fingerprint density at radius 1 is 1.40 bits per heavy atom. The molecule has 0 radical (unpaired) electrons. The zero-order valence-corrected chi connectivity index (χ0v) is 10.9. The molecule has 15 heavy (non-hydrogen) atoms. The Morgan fingerprint density at radius 2 is 1.93 bits per heavy atom. The second-order valence-corrected chi connectivity index (χ2v) is 5.60. The van der Waals surface area contributed by atoms with E-state index in [1.807, 2.05) is 27.9 Å². The number of hydrogen-bond donors (Lipinski definition) is 3. The molecule has 0 heterocycles. The quantitative estimate of drug-likeness (QED) is 0.443. The Balaban J connectivity index is 4.03. The van der Waals surface area contributed by atoms with E-state index in [1.165, 1.54) is 0 Å². The summed E-state index contributed by atoms with van der Waals surface area (Å²) < 4.78 is 0.670. The molecule has 0 saturated heterocycles. The van der Waals surface area contributed by atoms with E-state index >= 15 is 0 Å². The zero-order valence-electron chi connectivity index (χ0n) is 10.1. The van der Waals surface area contributed by atoms with Crippen molar-refractivity contribution in [1.82, 2.24) is 4.84 Å². The van der Waals surface area contributed by atoms with E-state index < -0.39 is 6.10 Å². The van der Waals surface area contributed by atoms with Crippen molar-refractivity contribution in [1.29, 1.82) is 0 Å². The SMILES string of the molecule is CC(C)(CC[N+](C)(C)CC(O)CO)NCl. The molecule has 0 aromatic heterocycles. The van der Waals surface area contributed by atoms with Gasteiger partial charge in [0, 0.05) is 12.0 Å². The van der Waals surface area contributed by atoms with E-state index in [4.69, 9.17) is 16.9 Å². The number of nitrogens with one attached hydrogen (secondary N) is 1.